The smallest absolute Gasteiger partial charge is 0.407 e. The molecule has 5 heteroatoms. The zero-order valence-electron chi connectivity index (χ0n) is 12.7. The van der Waals surface area contributed by atoms with Crippen LogP contribution in [0.1, 0.15) is 44.9 Å². The van der Waals surface area contributed by atoms with Crippen LogP contribution < -0.4 is 5.32 Å². The van der Waals surface area contributed by atoms with E-state index in [0.29, 0.717) is 5.91 Å². The molecule has 2 fully saturated rings. The Balaban J connectivity index is 1.71. The number of alkyl carbamates (subject to hydrolysis) is 1. The number of hydrogen-bond donors (Lipinski definition) is 1. The van der Waals surface area contributed by atoms with E-state index in [1.54, 1.807) is 6.08 Å². The van der Waals surface area contributed by atoms with E-state index in [1.165, 1.54) is 19.3 Å². The number of nitrogens with one attached hydrogen (secondary N) is 1. The van der Waals surface area contributed by atoms with Crippen molar-refractivity contribution in [1.29, 1.82) is 0 Å². The Morgan fingerprint density at radius 2 is 1.81 bits per heavy atom. The average molecular weight is 294 g/mol. The van der Waals surface area contributed by atoms with Gasteiger partial charge in [0.15, 0.2) is 0 Å². The van der Waals surface area contributed by atoms with Gasteiger partial charge < -0.3 is 15.0 Å². The zero-order valence-corrected chi connectivity index (χ0v) is 12.7. The van der Waals surface area contributed by atoms with Gasteiger partial charge in [-0.15, -0.1) is 0 Å². The highest BCUT2D eigenvalue weighted by molar-refractivity contribution is 5.79. The lowest BCUT2D eigenvalue weighted by Crippen LogP contribution is -2.48. The van der Waals surface area contributed by atoms with Gasteiger partial charge >= 0.3 is 6.09 Å². The Morgan fingerprint density at radius 3 is 2.43 bits per heavy atom. The number of piperidine rings is 1. The largest absolute Gasteiger partial charge is 0.445 e. The molecule has 118 valence electrons. The van der Waals surface area contributed by atoms with Gasteiger partial charge in [-0.05, 0) is 25.7 Å². The SMILES string of the molecule is C=CCOC(=O)NC1CCN(C(=O)C2CCCCC2)CC1. The standard InChI is InChI=1S/C16H26N2O3/c1-2-12-21-16(20)17-14-8-10-18(11-9-14)15(19)13-6-4-3-5-7-13/h2,13-14H,1,3-12H2,(H,17,20). The van der Waals surface area contributed by atoms with Crippen molar-refractivity contribution >= 4 is 12.0 Å². The lowest BCUT2D eigenvalue weighted by atomic mass is 9.87. The van der Waals surface area contributed by atoms with Gasteiger partial charge in [-0.2, -0.15) is 0 Å². The third-order valence-corrected chi connectivity index (χ3v) is 4.42. The Hall–Kier alpha value is -1.52. The number of hydrogen-bond acceptors (Lipinski definition) is 3. The van der Waals surface area contributed by atoms with Crippen LogP contribution in [0.2, 0.25) is 0 Å². The summed E-state index contributed by atoms with van der Waals surface area (Å²) in [5.74, 6) is 0.559. The van der Waals surface area contributed by atoms with Crippen LogP contribution in [0.3, 0.4) is 0 Å². The third kappa shape index (κ3) is 4.76. The van der Waals surface area contributed by atoms with Crippen molar-refractivity contribution in [3.05, 3.63) is 12.7 Å². The highest BCUT2D eigenvalue weighted by Crippen LogP contribution is 2.26. The minimum absolute atomic E-state index is 0.109. The second-order valence-corrected chi connectivity index (χ2v) is 5.97. The maximum atomic E-state index is 12.4. The van der Waals surface area contributed by atoms with E-state index in [9.17, 15) is 9.59 Å². The molecule has 1 heterocycles. The molecule has 0 aromatic carbocycles. The van der Waals surface area contributed by atoms with Crippen molar-refractivity contribution in [2.45, 2.75) is 51.0 Å². The van der Waals surface area contributed by atoms with Crippen LogP contribution in [0, 0.1) is 5.92 Å². The molecule has 0 spiro atoms. The molecule has 5 nitrogen and oxygen atoms in total. The maximum Gasteiger partial charge on any atom is 0.407 e. The first kappa shape index (κ1) is 15.9. The van der Waals surface area contributed by atoms with Crippen LogP contribution in [-0.4, -0.2) is 42.6 Å². The zero-order chi connectivity index (χ0) is 15.1. The molecule has 21 heavy (non-hydrogen) atoms. The van der Waals surface area contributed by atoms with Gasteiger partial charge in [0.1, 0.15) is 6.61 Å². The monoisotopic (exact) mass is 294 g/mol. The number of likely N-dealkylation sites (tertiary alicyclic amines) is 1. The molecule has 1 aliphatic heterocycles. The van der Waals surface area contributed by atoms with Crippen LogP contribution in [0.25, 0.3) is 0 Å². The van der Waals surface area contributed by atoms with E-state index in [-0.39, 0.29) is 18.6 Å². The number of carbonyl (C=O) groups is 2. The first-order chi connectivity index (χ1) is 10.2. The fraction of sp³-hybridized carbons (Fsp3) is 0.750. The molecular weight excluding hydrogens is 268 g/mol. The fourth-order valence-corrected chi connectivity index (χ4v) is 3.19. The molecule has 2 rings (SSSR count). The first-order valence-corrected chi connectivity index (χ1v) is 8.03. The fourth-order valence-electron chi connectivity index (χ4n) is 3.19. The molecule has 0 aromatic rings. The summed E-state index contributed by atoms with van der Waals surface area (Å²) in [5.41, 5.74) is 0. The molecule has 0 unspecified atom stereocenters. The van der Waals surface area contributed by atoms with E-state index >= 15 is 0 Å². The molecule has 1 N–H and O–H groups in total. The Kier molecular flexibility index (Phi) is 6.08. The minimum atomic E-state index is -0.396. The van der Waals surface area contributed by atoms with Crippen molar-refractivity contribution in [3.63, 3.8) is 0 Å². The van der Waals surface area contributed by atoms with Crippen molar-refractivity contribution < 1.29 is 14.3 Å². The summed E-state index contributed by atoms with van der Waals surface area (Å²) >= 11 is 0. The molecule has 2 amide bonds. The molecule has 0 bridgehead atoms. The average Bonchev–Trinajstić information content (AvgIpc) is 2.54. The first-order valence-electron chi connectivity index (χ1n) is 8.03. The second-order valence-electron chi connectivity index (χ2n) is 5.97. The minimum Gasteiger partial charge on any atom is -0.445 e. The van der Waals surface area contributed by atoms with Crippen molar-refractivity contribution in [3.8, 4) is 0 Å². The summed E-state index contributed by atoms with van der Waals surface area (Å²) in [6.45, 7) is 5.21. The van der Waals surface area contributed by atoms with Crippen molar-refractivity contribution in [2.75, 3.05) is 19.7 Å². The van der Waals surface area contributed by atoms with E-state index in [0.717, 1.165) is 38.8 Å². The van der Waals surface area contributed by atoms with Crippen LogP contribution in [0.4, 0.5) is 4.79 Å². The summed E-state index contributed by atoms with van der Waals surface area (Å²) in [7, 11) is 0. The molecule has 0 radical (unpaired) electrons. The number of amides is 2. The predicted octanol–water partition coefficient (Wildman–Crippen LogP) is 2.47. The van der Waals surface area contributed by atoms with Crippen LogP contribution >= 0.6 is 0 Å². The number of ether oxygens (including phenoxy) is 1. The van der Waals surface area contributed by atoms with Gasteiger partial charge in [-0.25, -0.2) is 4.79 Å². The molecule has 1 saturated heterocycles. The second kappa shape index (κ2) is 8.05. The van der Waals surface area contributed by atoms with E-state index in [4.69, 9.17) is 4.74 Å². The summed E-state index contributed by atoms with van der Waals surface area (Å²) in [6, 6.07) is 0.109. The normalized spacial score (nSPS) is 20.9. The lowest BCUT2D eigenvalue weighted by molar-refractivity contribution is -0.137. The molecule has 1 aliphatic carbocycles. The maximum absolute atomic E-state index is 12.4. The molecular formula is C16H26N2O3. The number of nitrogens with zero attached hydrogens (tertiary/aromatic N) is 1. The molecule has 2 aliphatic rings. The lowest BCUT2D eigenvalue weighted by Gasteiger charge is -2.35. The quantitative estimate of drug-likeness (QED) is 0.810. The van der Waals surface area contributed by atoms with Crippen LogP contribution in [0.5, 0.6) is 0 Å². The number of rotatable bonds is 4. The van der Waals surface area contributed by atoms with Gasteiger partial charge in [-0.3, -0.25) is 4.79 Å². The summed E-state index contributed by atoms with van der Waals surface area (Å²) in [5, 5.41) is 2.85. The van der Waals surface area contributed by atoms with Crippen LogP contribution in [0.15, 0.2) is 12.7 Å². The van der Waals surface area contributed by atoms with Crippen LogP contribution in [-0.2, 0) is 9.53 Å². The van der Waals surface area contributed by atoms with Gasteiger partial charge in [0, 0.05) is 25.0 Å². The summed E-state index contributed by atoms with van der Waals surface area (Å²) in [4.78, 5) is 25.9. The highest BCUT2D eigenvalue weighted by Gasteiger charge is 2.29. The predicted molar refractivity (Wildman–Crippen MR) is 80.9 cm³/mol. The Labute approximate surface area is 126 Å². The Bertz CT molecular complexity index is 370. The molecule has 1 saturated carbocycles. The van der Waals surface area contributed by atoms with Gasteiger partial charge in [0.05, 0.1) is 0 Å². The number of carbonyl (C=O) groups excluding carboxylic acids is 2. The van der Waals surface area contributed by atoms with Gasteiger partial charge in [0.25, 0.3) is 0 Å². The van der Waals surface area contributed by atoms with Gasteiger partial charge in [-0.1, -0.05) is 31.9 Å². The highest BCUT2D eigenvalue weighted by atomic mass is 16.5. The van der Waals surface area contributed by atoms with E-state index in [1.807, 2.05) is 4.90 Å². The van der Waals surface area contributed by atoms with E-state index < -0.39 is 6.09 Å². The molecule has 0 atom stereocenters. The molecule has 0 aromatic heterocycles. The van der Waals surface area contributed by atoms with Gasteiger partial charge in [0.2, 0.25) is 5.91 Å². The Morgan fingerprint density at radius 1 is 1.14 bits per heavy atom. The van der Waals surface area contributed by atoms with Crippen molar-refractivity contribution in [1.82, 2.24) is 10.2 Å². The van der Waals surface area contributed by atoms with E-state index in [2.05, 4.69) is 11.9 Å². The van der Waals surface area contributed by atoms with Crippen molar-refractivity contribution in [2.24, 2.45) is 5.92 Å². The summed E-state index contributed by atoms with van der Waals surface area (Å²) < 4.78 is 4.91. The topological polar surface area (TPSA) is 58.6 Å². The summed E-state index contributed by atoms with van der Waals surface area (Å²) in [6.07, 6.45) is 8.49. The third-order valence-electron chi connectivity index (χ3n) is 4.42.